The van der Waals surface area contributed by atoms with Crippen molar-refractivity contribution in [2.75, 3.05) is 0 Å². The van der Waals surface area contributed by atoms with Crippen LogP contribution in [0.1, 0.15) is 41.8 Å². The summed E-state index contributed by atoms with van der Waals surface area (Å²) in [5.41, 5.74) is 12.7. The first-order chi connectivity index (χ1) is 15.6. The van der Waals surface area contributed by atoms with Crippen LogP contribution in [0.3, 0.4) is 0 Å². The van der Waals surface area contributed by atoms with Crippen LogP contribution in [-0.4, -0.2) is 20.7 Å². The number of aryl methyl sites for hydroxylation is 1. The van der Waals surface area contributed by atoms with Crippen molar-refractivity contribution >= 4 is 11.4 Å². The summed E-state index contributed by atoms with van der Waals surface area (Å²) in [7, 11) is 0. The van der Waals surface area contributed by atoms with Crippen LogP contribution in [0.5, 0.6) is 0 Å². The van der Waals surface area contributed by atoms with Crippen molar-refractivity contribution in [3.05, 3.63) is 96.0 Å². The van der Waals surface area contributed by atoms with Gasteiger partial charge in [-0.15, -0.1) is 0 Å². The lowest BCUT2D eigenvalue weighted by atomic mass is 9.72. The average molecular weight is 424 g/mol. The minimum atomic E-state index is -0.156. The molecule has 0 spiro atoms. The molecule has 6 heteroatoms. The van der Waals surface area contributed by atoms with Crippen LogP contribution in [0.2, 0.25) is 0 Å². The Bertz CT molecular complexity index is 1230. The lowest BCUT2D eigenvalue weighted by Gasteiger charge is -2.38. The Kier molecular flexibility index (Phi) is 5.37. The molecule has 1 saturated carbocycles. The number of benzene rings is 2. The highest BCUT2D eigenvalue weighted by Crippen LogP contribution is 2.38. The van der Waals surface area contributed by atoms with Crippen LogP contribution in [0.25, 0.3) is 11.4 Å². The number of aromatic nitrogens is 3. The Morgan fingerprint density at radius 2 is 1.84 bits per heavy atom. The fraction of sp³-hybridized carbons (Fsp3) is 0.231. The summed E-state index contributed by atoms with van der Waals surface area (Å²) in [5, 5.41) is 0. The van der Waals surface area contributed by atoms with E-state index in [1.165, 1.54) is 18.4 Å². The van der Waals surface area contributed by atoms with Crippen LogP contribution < -0.4 is 5.73 Å². The van der Waals surface area contributed by atoms with Crippen LogP contribution >= 0.6 is 0 Å². The van der Waals surface area contributed by atoms with Crippen molar-refractivity contribution in [2.24, 2.45) is 10.7 Å². The van der Waals surface area contributed by atoms with Gasteiger partial charge in [-0.05, 0) is 37.3 Å². The van der Waals surface area contributed by atoms with E-state index in [4.69, 9.17) is 15.1 Å². The maximum atomic E-state index is 6.47. The van der Waals surface area contributed by atoms with Crippen molar-refractivity contribution in [3.8, 4) is 11.4 Å². The predicted octanol–water partition coefficient (Wildman–Crippen LogP) is 5.14. The third-order valence-electron chi connectivity index (χ3n) is 6.12. The number of oxazole rings is 1. The topological polar surface area (TPSA) is 90.2 Å². The van der Waals surface area contributed by atoms with Gasteiger partial charge in [-0.2, -0.15) is 0 Å². The fourth-order valence-corrected chi connectivity index (χ4v) is 3.98. The smallest absolute Gasteiger partial charge is 0.181 e. The van der Waals surface area contributed by atoms with Crippen LogP contribution in [0, 0.1) is 6.92 Å². The molecule has 0 amide bonds. The molecule has 2 aromatic heterocycles. The van der Waals surface area contributed by atoms with Gasteiger partial charge < -0.3 is 10.2 Å². The number of rotatable bonds is 6. The summed E-state index contributed by atoms with van der Waals surface area (Å²) in [5.74, 6) is 0.687. The quantitative estimate of drug-likeness (QED) is 0.434. The first-order valence-corrected chi connectivity index (χ1v) is 10.8. The minimum Gasteiger partial charge on any atom is -0.451 e. The van der Waals surface area contributed by atoms with E-state index in [-0.39, 0.29) is 5.54 Å². The molecule has 1 aliphatic rings. The predicted molar refractivity (Wildman–Crippen MR) is 125 cm³/mol. The second kappa shape index (κ2) is 8.48. The van der Waals surface area contributed by atoms with Gasteiger partial charge in [-0.3, -0.25) is 0 Å². The first kappa shape index (κ1) is 20.3. The summed E-state index contributed by atoms with van der Waals surface area (Å²) in [6.07, 6.45) is 8.72. The highest BCUT2D eigenvalue weighted by Gasteiger charge is 2.34. The average Bonchev–Trinajstić information content (AvgIpc) is 3.34. The van der Waals surface area contributed by atoms with Crippen molar-refractivity contribution in [1.29, 1.82) is 0 Å². The molecule has 5 rings (SSSR count). The molecule has 0 radical (unpaired) electrons. The van der Waals surface area contributed by atoms with Gasteiger partial charge in [0, 0.05) is 17.5 Å². The molecule has 0 bridgehead atoms. The number of nitrogens with two attached hydrogens (primary N) is 1. The molecule has 2 N–H and O–H groups in total. The van der Waals surface area contributed by atoms with Gasteiger partial charge in [0.1, 0.15) is 17.6 Å². The van der Waals surface area contributed by atoms with E-state index in [1.807, 2.05) is 37.3 Å². The zero-order chi connectivity index (χ0) is 22.0. The molecule has 1 fully saturated rings. The minimum absolute atomic E-state index is 0.156. The fourth-order valence-electron chi connectivity index (χ4n) is 3.98. The van der Waals surface area contributed by atoms with Crippen molar-refractivity contribution in [3.63, 3.8) is 0 Å². The molecule has 0 saturated heterocycles. The molecule has 2 aromatic carbocycles. The maximum absolute atomic E-state index is 6.47. The molecule has 160 valence electrons. The zero-order valence-electron chi connectivity index (χ0n) is 18.0. The first-order valence-electron chi connectivity index (χ1n) is 10.8. The summed E-state index contributed by atoms with van der Waals surface area (Å²) in [6.45, 7) is 1.95. The van der Waals surface area contributed by atoms with Gasteiger partial charge in [0.2, 0.25) is 0 Å². The highest BCUT2D eigenvalue weighted by atomic mass is 16.3. The van der Waals surface area contributed by atoms with E-state index in [1.54, 1.807) is 12.5 Å². The molecule has 0 atom stereocenters. The Balaban J connectivity index is 1.44. The SMILES string of the molecule is Cc1nc(-c2ccccc2)ncc1N=C(Cc1ccc(C2(N)CCC2)cc1)c1cocn1. The summed E-state index contributed by atoms with van der Waals surface area (Å²) < 4.78 is 5.22. The van der Waals surface area contributed by atoms with E-state index >= 15 is 0 Å². The summed E-state index contributed by atoms with van der Waals surface area (Å²) in [4.78, 5) is 18.4. The standard InChI is InChI=1S/C26H25N5O/c1-18-23(15-28-25(30-18)20-6-3-2-4-7-20)31-22(24-16-32-17-29-24)14-19-8-10-21(11-9-19)26(27)12-5-13-26/h2-4,6-11,15-17H,5,12-14,27H2,1H3. The Morgan fingerprint density at radius 3 is 2.47 bits per heavy atom. The molecule has 4 aromatic rings. The van der Waals surface area contributed by atoms with E-state index in [9.17, 15) is 0 Å². The summed E-state index contributed by atoms with van der Waals surface area (Å²) in [6, 6.07) is 18.5. The van der Waals surface area contributed by atoms with Crippen LogP contribution in [0.4, 0.5) is 5.69 Å². The molecule has 1 aliphatic carbocycles. The molecule has 32 heavy (non-hydrogen) atoms. The normalized spacial score (nSPS) is 15.4. The number of nitrogens with zero attached hydrogens (tertiary/aromatic N) is 4. The lowest BCUT2D eigenvalue weighted by molar-refractivity contribution is 0.253. The Hall–Kier alpha value is -3.64. The van der Waals surface area contributed by atoms with Gasteiger partial charge in [-0.25, -0.2) is 19.9 Å². The second-order valence-corrected chi connectivity index (χ2v) is 8.35. The summed E-state index contributed by atoms with van der Waals surface area (Å²) >= 11 is 0. The molecular weight excluding hydrogens is 398 g/mol. The molecule has 6 nitrogen and oxygen atoms in total. The van der Waals surface area contributed by atoms with E-state index in [2.05, 4.69) is 39.2 Å². The van der Waals surface area contributed by atoms with Gasteiger partial charge >= 0.3 is 0 Å². The molecule has 0 unspecified atom stereocenters. The van der Waals surface area contributed by atoms with Gasteiger partial charge in [0.05, 0.1) is 17.6 Å². The van der Waals surface area contributed by atoms with E-state index < -0.39 is 0 Å². The maximum Gasteiger partial charge on any atom is 0.181 e. The molecule has 2 heterocycles. The molecular formula is C26H25N5O. The van der Waals surface area contributed by atoms with Crippen molar-refractivity contribution in [2.45, 2.75) is 38.1 Å². The molecule has 0 aliphatic heterocycles. The van der Waals surface area contributed by atoms with Crippen LogP contribution in [-0.2, 0) is 12.0 Å². The number of aliphatic imine (C=N–C) groups is 1. The van der Waals surface area contributed by atoms with E-state index in [0.717, 1.165) is 41.1 Å². The Morgan fingerprint density at radius 1 is 1.06 bits per heavy atom. The highest BCUT2D eigenvalue weighted by molar-refractivity contribution is 6.01. The second-order valence-electron chi connectivity index (χ2n) is 8.35. The van der Waals surface area contributed by atoms with Crippen LogP contribution in [0.15, 0.2) is 82.9 Å². The Labute approximate surface area is 187 Å². The van der Waals surface area contributed by atoms with E-state index in [0.29, 0.717) is 17.9 Å². The monoisotopic (exact) mass is 423 g/mol. The zero-order valence-corrected chi connectivity index (χ0v) is 18.0. The largest absolute Gasteiger partial charge is 0.451 e. The van der Waals surface area contributed by atoms with Gasteiger partial charge in [0.25, 0.3) is 0 Å². The van der Waals surface area contributed by atoms with Crippen molar-refractivity contribution < 1.29 is 4.42 Å². The third-order valence-corrected chi connectivity index (χ3v) is 6.12. The van der Waals surface area contributed by atoms with Crippen molar-refractivity contribution in [1.82, 2.24) is 15.0 Å². The lowest BCUT2D eigenvalue weighted by Crippen LogP contribution is -2.43. The third kappa shape index (κ3) is 4.09. The number of hydrogen-bond acceptors (Lipinski definition) is 6. The number of hydrogen-bond donors (Lipinski definition) is 1. The van der Waals surface area contributed by atoms with Gasteiger partial charge in [-0.1, -0.05) is 54.6 Å². The van der Waals surface area contributed by atoms with Gasteiger partial charge in [0.15, 0.2) is 12.2 Å².